The maximum absolute atomic E-state index is 11.5. The molecular formula is C17H12BrNO2. The van der Waals surface area contributed by atoms with Crippen molar-refractivity contribution in [2.24, 2.45) is 0 Å². The zero-order valence-corrected chi connectivity index (χ0v) is 12.9. The van der Waals surface area contributed by atoms with Gasteiger partial charge < -0.3 is 5.11 Å². The molecule has 0 saturated heterocycles. The van der Waals surface area contributed by atoms with Gasteiger partial charge in [-0.25, -0.2) is 9.78 Å². The summed E-state index contributed by atoms with van der Waals surface area (Å²) in [7, 11) is 0. The van der Waals surface area contributed by atoms with Crippen LogP contribution in [0.1, 0.15) is 15.9 Å². The minimum atomic E-state index is -0.950. The molecule has 3 nitrogen and oxygen atoms in total. The molecule has 104 valence electrons. The van der Waals surface area contributed by atoms with Crippen LogP contribution < -0.4 is 0 Å². The summed E-state index contributed by atoms with van der Waals surface area (Å²) in [6.07, 6.45) is 0. The third kappa shape index (κ3) is 2.67. The van der Waals surface area contributed by atoms with Crippen LogP contribution >= 0.6 is 15.9 Å². The predicted octanol–water partition coefficient (Wildman–Crippen LogP) is 4.67. The summed E-state index contributed by atoms with van der Waals surface area (Å²) in [4.78, 5) is 16.1. The number of halogens is 1. The molecule has 4 heteroatoms. The molecule has 0 bridgehead atoms. The van der Waals surface area contributed by atoms with E-state index in [4.69, 9.17) is 0 Å². The summed E-state index contributed by atoms with van der Waals surface area (Å²) >= 11 is 3.37. The quantitative estimate of drug-likeness (QED) is 0.736. The van der Waals surface area contributed by atoms with Crippen molar-refractivity contribution >= 4 is 32.8 Å². The lowest BCUT2D eigenvalue weighted by Crippen LogP contribution is -2.00. The second kappa shape index (κ2) is 5.30. The lowest BCUT2D eigenvalue weighted by Gasteiger charge is -2.08. The number of benzene rings is 2. The highest BCUT2D eigenvalue weighted by Gasteiger charge is 2.13. The van der Waals surface area contributed by atoms with Gasteiger partial charge in [0.05, 0.1) is 16.8 Å². The standard InChI is InChI=1S/C17H12BrNO2/c1-10-3-2-4-11(7-10)16-9-14(17(20)21)13-8-12(18)5-6-15(13)19-16/h2-9H,1H3,(H,20,21). The van der Waals surface area contributed by atoms with Gasteiger partial charge in [0.25, 0.3) is 0 Å². The Labute approximate surface area is 130 Å². The number of hydrogen-bond donors (Lipinski definition) is 1. The molecule has 0 aliphatic carbocycles. The Bertz CT molecular complexity index is 859. The lowest BCUT2D eigenvalue weighted by atomic mass is 10.0. The first-order valence-corrected chi connectivity index (χ1v) is 7.24. The fourth-order valence-corrected chi connectivity index (χ4v) is 2.69. The number of aromatic carboxylic acids is 1. The molecule has 2 aromatic carbocycles. The largest absolute Gasteiger partial charge is 0.478 e. The van der Waals surface area contributed by atoms with Crippen molar-refractivity contribution in [3.05, 3.63) is 64.1 Å². The number of carboxylic acid groups (broad SMARTS) is 1. The molecule has 0 spiro atoms. The zero-order valence-electron chi connectivity index (χ0n) is 11.3. The summed E-state index contributed by atoms with van der Waals surface area (Å²) in [5.74, 6) is -0.950. The van der Waals surface area contributed by atoms with Crippen LogP contribution in [0.15, 0.2) is 53.0 Å². The van der Waals surface area contributed by atoms with Crippen LogP contribution in [0.3, 0.4) is 0 Å². The van der Waals surface area contributed by atoms with E-state index in [-0.39, 0.29) is 5.56 Å². The monoisotopic (exact) mass is 341 g/mol. The van der Waals surface area contributed by atoms with Gasteiger partial charge in [-0.3, -0.25) is 0 Å². The number of carboxylic acids is 1. The van der Waals surface area contributed by atoms with E-state index in [0.717, 1.165) is 15.6 Å². The number of hydrogen-bond acceptors (Lipinski definition) is 2. The number of aryl methyl sites for hydroxylation is 1. The van der Waals surface area contributed by atoms with E-state index in [2.05, 4.69) is 20.9 Å². The average molecular weight is 342 g/mol. The molecule has 0 fully saturated rings. The SMILES string of the molecule is Cc1cccc(-c2cc(C(=O)O)c3cc(Br)ccc3n2)c1. The van der Waals surface area contributed by atoms with Gasteiger partial charge in [-0.1, -0.05) is 39.7 Å². The second-order valence-electron chi connectivity index (χ2n) is 4.89. The molecule has 1 N–H and O–H groups in total. The minimum Gasteiger partial charge on any atom is -0.478 e. The van der Waals surface area contributed by atoms with Crippen molar-refractivity contribution in [1.29, 1.82) is 0 Å². The van der Waals surface area contributed by atoms with Gasteiger partial charge in [-0.05, 0) is 37.3 Å². The van der Waals surface area contributed by atoms with Crippen molar-refractivity contribution < 1.29 is 9.90 Å². The molecule has 1 aromatic heterocycles. The Morgan fingerprint density at radius 2 is 1.95 bits per heavy atom. The minimum absolute atomic E-state index is 0.262. The number of pyridine rings is 1. The molecular weight excluding hydrogens is 330 g/mol. The van der Waals surface area contributed by atoms with Gasteiger partial charge in [-0.2, -0.15) is 0 Å². The first kappa shape index (κ1) is 13.8. The van der Waals surface area contributed by atoms with Crippen LogP contribution in [-0.4, -0.2) is 16.1 Å². The first-order chi connectivity index (χ1) is 10.0. The number of aromatic nitrogens is 1. The van der Waals surface area contributed by atoms with E-state index >= 15 is 0 Å². The average Bonchev–Trinajstić information content (AvgIpc) is 2.46. The first-order valence-electron chi connectivity index (χ1n) is 6.45. The summed E-state index contributed by atoms with van der Waals surface area (Å²) in [6, 6.07) is 15.0. The van der Waals surface area contributed by atoms with Gasteiger partial charge in [0, 0.05) is 15.4 Å². The smallest absolute Gasteiger partial charge is 0.336 e. The highest BCUT2D eigenvalue weighted by molar-refractivity contribution is 9.10. The van der Waals surface area contributed by atoms with Crippen molar-refractivity contribution in [1.82, 2.24) is 4.98 Å². The molecule has 0 saturated carbocycles. The summed E-state index contributed by atoms with van der Waals surface area (Å²) < 4.78 is 0.836. The Morgan fingerprint density at radius 1 is 1.14 bits per heavy atom. The van der Waals surface area contributed by atoms with Gasteiger partial charge in [0.15, 0.2) is 0 Å². The van der Waals surface area contributed by atoms with Crippen molar-refractivity contribution in [3.63, 3.8) is 0 Å². The van der Waals surface area contributed by atoms with Gasteiger partial charge in [0.1, 0.15) is 0 Å². The molecule has 1 heterocycles. The Morgan fingerprint density at radius 3 is 2.67 bits per heavy atom. The Hall–Kier alpha value is -2.20. The van der Waals surface area contributed by atoms with Crippen molar-refractivity contribution in [2.75, 3.05) is 0 Å². The van der Waals surface area contributed by atoms with E-state index in [1.165, 1.54) is 0 Å². The molecule has 0 aliphatic heterocycles. The number of carbonyl (C=O) groups is 1. The highest BCUT2D eigenvalue weighted by Crippen LogP contribution is 2.27. The highest BCUT2D eigenvalue weighted by atomic mass is 79.9. The van der Waals surface area contributed by atoms with E-state index in [1.807, 2.05) is 43.3 Å². The maximum Gasteiger partial charge on any atom is 0.336 e. The fourth-order valence-electron chi connectivity index (χ4n) is 2.33. The van der Waals surface area contributed by atoms with Crippen LogP contribution in [0, 0.1) is 6.92 Å². The second-order valence-corrected chi connectivity index (χ2v) is 5.81. The van der Waals surface area contributed by atoms with Gasteiger partial charge in [-0.15, -0.1) is 0 Å². The summed E-state index contributed by atoms with van der Waals surface area (Å²) in [5.41, 5.74) is 3.64. The Balaban J connectivity index is 2.31. The number of fused-ring (bicyclic) bond motifs is 1. The molecule has 3 aromatic rings. The van der Waals surface area contributed by atoms with Crippen LogP contribution in [0.5, 0.6) is 0 Å². The summed E-state index contributed by atoms with van der Waals surface area (Å²) in [5, 5.41) is 10.1. The van der Waals surface area contributed by atoms with E-state index in [9.17, 15) is 9.90 Å². The molecule has 0 aliphatic rings. The molecule has 0 atom stereocenters. The van der Waals surface area contributed by atoms with E-state index in [0.29, 0.717) is 16.6 Å². The molecule has 0 unspecified atom stereocenters. The van der Waals surface area contributed by atoms with Crippen molar-refractivity contribution in [3.8, 4) is 11.3 Å². The van der Waals surface area contributed by atoms with Crippen LogP contribution in [0.4, 0.5) is 0 Å². The third-order valence-corrected chi connectivity index (χ3v) is 3.81. The summed E-state index contributed by atoms with van der Waals surface area (Å²) in [6.45, 7) is 2.00. The van der Waals surface area contributed by atoms with Gasteiger partial charge >= 0.3 is 5.97 Å². The number of rotatable bonds is 2. The zero-order chi connectivity index (χ0) is 15.0. The fraction of sp³-hybridized carbons (Fsp3) is 0.0588. The molecule has 3 rings (SSSR count). The molecule has 0 amide bonds. The van der Waals surface area contributed by atoms with Crippen LogP contribution in [0.25, 0.3) is 22.2 Å². The maximum atomic E-state index is 11.5. The van der Waals surface area contributed by atoms with Crippen molar-refractivity contribution in [2.45, 2.75) is 6.92 Å². The lowest BCUT2D eigenvalue weighted by molar-refractivity contribution is 0.0699. The Kier molecular flexibility index (Phi) is 3.47. The van der Waals surface area contributed by atoms with Crippen LogP contribution in [0.2, 0.25) is 0 Å². The van der Waals surface area contributed by atoms with E-state index in [1.54, 1.807) is 12.1 Å². The van der Waals surface area contributed by atoms with E-state index < -0.39 is 5.97 Å². The topological polar surface area (TPSA) is 50.2 Å². The van der Waals surface area contributed by atoms with Gasteiger partial charge in [0.2, 0.25) is 0 Å². The molecule has 0 radical (unpaired) electrons. The number of nitrogens with zero attached hydrogens (tertiary/aromatic N) is 1. The normalized spacial score (nSPS) is 10.8. The predicted molar refractivity (Wildman–Crippen MR) is 86.6 cm³/mol. The molecule has 21 heavy (non-hydrogen) atoms. The van der Waals surface area contributed by atoms with Crippen LogP contribution in [-0.2, 0) is 0 Å². The third-order valence-electron chi connectivity index (χ3n) is 3.31.